The molecule has 1 aliphatic rings. The van der Waals surface area contributed by atoms with Crippen LogP contribution in [-0.4, -0.2) is 48.4 Å². The van der Waals surface area contributed by atoms with Gasteiger partial charge in [0, 0.05) is 6.92 Å². The van der Waals surface area contributed by atoms with E-state index in [0.29, 0.717) is 0 Å². The van der Waals surface area contributed by atoms with Crippen molar-refractivity contribution in [3.63, 3.8) is 0 Å². The summed E-state index contributed by atoms with van der Waals surface area (Å²) < 4.78 is 22.3. The molecule has 0 saturated carbocycles. The largest absolute Gasteiger partial charge is 0.454 e. The Balaban J connectivity index is 2.13. The van der Waals surface area contributed by atoms with Crippen LogP contribution >= 0.6 is 0 Å². The molecule has 132 valence electrons. The lowest BCUT2D eigenvalue weighted by molar-refractivity contribution is -0.302. The van der Waals surface area contributed by atoms with E-state index in [-0.39, 0.29) is 13.2 Å². The number of ether oxygens (including phenoxy) is 4. The third-order valence-electron chi connectivity index (χ3n) is 3.72. The summed E-state index contributed by atoms with van der Waals surface area (Å²) in [6, 6.07) is 9.56. The van der Waals surface area contributed by atoms with Crippen molar-refractivity contribution >= 4 is 5.97 Å². The fourth-order valence-electron chi connectivity index (χ4n) is 2.56. The summed E-state index contributed by atoms with van der Waals surface area (Å²) in [5, 5.41) is 10.4. The molecule has 0 aliphatic carbocycles. The molecule has 6 heteroatoms. The Kier molecular flexibility index (Phi) is 6.93. The molecule has 0 spiro atoms. The fourth-order valence-corrected chi connectivity index (χ4v) is 2.56. The zero-order valence-corrected chi connectivity index (χ0v) is 14.0. The summed E-state index contributed by atoms with van der Waals surface area (Å²) in [6.45, 7) is 7.12. The maximum Gasteiger partial charge on any atom is 0.303 e. The second-order valence-corrected chi connectivity index (χ2v) is 5.66. The number of aliphatic hydroxyl groups excluding tert-OH is 1. The molecule has 0 radical (unpaired) electrons. The maximum absolute atomic E-state index is 11.4. The van der Waals surface area contributed by atoms with Crippen LogP contribution in [0.4, 0.5) is 0 Å². The lowest BCUT2D eigenvalue weighted by Crippen LogP contribution is -2.59. The van der Waals surface area contributed by atoms with Crippen LogP contribution in [-0.2, 0) is 30.3 Å². The topological polar surface area (TPSA) is 74.2 Å². The number of rotatable bonds is 7. The minimum absolute atomic E-state index is 0.233. The van der Waals surface area contributed by atoms with E-state index in [1.807, 2.05) is 30.3 Å². The number of carbonyl (C=O) groups excluding carboxylic acids is 1. The molecule has 0 amide bonds. The monoisotopic (exact) mass is 336 g/mol. The summed E-state index contributed by atoms with van der Waals surface area (Å²) >= 11 is 0. The van der Waals surface area contributed by atoms with Gasteiger partial charge in [0.2, 0.25) is 0 Å². The molecule has 1 heterocycles. The SMILES string of the molecule is C=CCO[C@@H]1O[C@@H](C)[C@H](O)[C@@H](OCc2ccccc2)[C@H]1OC(C)=O. The molecule has 1 N–H and O–H groups in total. The van der Waals surface area contributed by atoms with Gasteiger partial charge in [0.1, 0.15) is 12.2 Å². The zero-order chi connectivity index (χ0) is 17.5. The minimum Gasteiger partial charge on any atom is -0.454 e. The van der Waals surface area contributed by atoms with Crippen molar-refractivity contribution in [2.45, 2.75) is 51.2 Å². The van der Waals surface area contributed by atoms with E-state index in [2.05, 4.69) is 6.58 Å². The van der Waals surface area contributed by atoms with Crippen molar-refractivity contribution in [3.8, 4) is 0 Å². The van der Waals surface area contributed by atoms with E-state index < -0.39 is 36.7 Å². The Labute approximate surface area is 142 Å². The van der Waals surface area contributed by atoms with Crippen LogP contribution in [0.15, 0.2) is 43.0 Å². The normalized spacial score (nSPS) is 29.9. The average Bonchev–Trinajstić information content (AvgIpc) is 2.57. The Hall–Kier alpha value is -1.73. The summed E-state index contributed by atoms with van der Waals surface area (Å²) in [5.74, 6) is -0.495. The number of esters is 1. The Morgan fingerprint density at radius 1 is 1.29 bits per heavy atom. The first kappa shape index (κ1) is 18.6. The summed E-state index contributed by atoms with van der Waals surface area (Å²) in [4.78, 5) is 11.4. The average molecular weight is 336 g/mol. The lowest BCUT2D eigenvalue weighted by Gasteiger charge is -2.42. The molecule has 6 nitrogen and oxygen atoms in total. The summed E-state index contributed by atoms with van der Waals surface area (Å²) in [5.41, 5.74) is 0.953. The Morgan fingerprint density at radius 2 is 2.00 bits per heavy atom. The molecule has 1 aromatic carbocycles. The minimum atomic E-state index is -0.943. The molecule has 0 bridgehead atoms. The highest BCUT2D eigenvalue weighted by Gasteiger charge is 2.47. The van der Waals surface area contributed by atoms with Crippen LogP contribution in [0.1, 0.15) is 19.4 Å². The van der Waals surface area contributed by atoms with Crippen LogP contribution in [0.2, 0.25) is 0 Å². The molecule has 5 atom stereocenters. The molecule has 0 unspecified atom stereocenters. The highest BCUT2D eigenvalue weighted by atomic mass is 16.7. The van der Waals surface area contributed by atoms with Crippen molar-refractivity contribution in [2.24, 2.45) is 0 Å². The van der Waals surface area contributed by atoms with E-state index >= 15 is 0 Å². The number of carbonyl (C=O) groups is 1. The van der Waals surface area contributed by atoms with E-state index in [4.69, 9.17) is 18.9 Å². The third-order valence-corrected chi connectivity index (χ3v) is 3.72. The molecule has 24 heavy (non-hydrogen) atoms. The van der Waals surface area contributed by atoms with Crippen molar-refractivity contribution < 1.29 is 28.8 Å². The van der Waals surface area contributed by atoms with Crippen LogP contribution in [0.3, 0.4) is 0 Å². The zero-order valence-electron chi connectivity index (χ0n) is 14.0. The van der Waals surface area contributed by atoms with Crippen LogP contribution in [0.5, 0.6) is 0 Å². The van der Waals surface area contributed by atoms with Crippen molar-refractivity contribution in [1.82, 2.24) is 0 Å². The number of benzene rings is 1. The second kappa shape index (κ2) is 8.94. The van der Waals surface area contributed by atoms with Crippen molar-refractivity contribution in [2.75, 3.05) is 6.61 Å². The molecule has 1 fully saturated rings. The highest BCUT2D eigenvalue weighted by Crippen LogP contribution is 2.27. The number of hydrogen-bond acceptors (Lipinski definition) is 6. The lowest BCUT2D eigenvalue weighted by atomic mass is 9.99. The molecular weight excluding hydrogens is 312 g/mol. The smallest absolute Gasteiger partial charge is 0.303 e. The molecule has 1 saturated heterocycles. The standard InChI is InChI=1S/C18H24O6/c1-4-10-21-18-17(24-13(3)19)16(15(20)12(2)23-18)22-11-14-8-6-5-7-9-14/h4-9,12,15-18,20H,1,10-11H2,2-3H3/t12-,15-,16+,17+,18+/m0/s1. The van der Waals surface area contributed by atoms with Gasteiger partial charge < -0.3 is 24.1 Å². The predicted octanol–water partition coefficient (Wildman–Crippen LogP) is 1.81. The van der Waals surface area contributed by atoms with E-state index in [0.717, 1.165) is 5.56 Å². The summed E-state index contributed by atoms with van der Waals surface area (Å²) in [6.07, 6.45) is -2.34. The van der Waals surface area contributed by atoms with Crippen molar-refractivity contribution in [3.05, 3.63) is 48.6 Å². The number of aliphatic hydroxyl groups is 1. The first-order valence-corrected chi connectivity index (χ1v) is 7.91. The number of hydrogen-bond donors (Lipinski definition) is 1. The van der Waals surface area contributed by atoms with Gasteiger partial charge >= 0.3 is 5.97 Å². The Morgan fingerprint density at radius 3 is 2.62 bits per heavy atom. The molecule has 1 aliphatic heterocycles. The van der Waals surface area contributed by atoms with Gasteiger partial charge in [-0.2, -0.15) is 0 Å². The maximum atomic E-state index is 11.4. The predicted molar refractivity (Wildman–Crippen MR) is 87.1 cm³/mol. The Bertz CT molecular complexity index is 532. The van der Waals surface area contributed by atoms with Crippen molar-refractivity contribution in [1.29, 1.82) is 0 Å². The van der Waals surface area contributed by atoms with Gasteiger partial charge in [-0.25, -0.2) is 0 Å². The fraction of sp³-hybridized carbons (Fsp3) is 0.500. The van der Waals surface area contributed by atoms with E-state index in [1.165, 1.54) is 6.92 Å². The van der Waals surface area contributed by atoms with Gasteiger partial charge in [-0.1, -0.05) is 36.4 Å². The van der Waals surface area contributed by atoms with Gasteiger partial charge in [-0.3, -0.25) is 4.79 Å². The molecule has 0 aromatic heterocycles. The van der Waals surface area contributed by atoms with Gasteiger partial charge in [0.15, 0.2) is 12.4 Å². The molecular formula is C18H24O6. The quantitative estimate of drug-likeness (QED) is 0.605. The van der Waals surface area contributed by atoms with E-state index in [1.54, 1.807) is 13.0 Å². The highest BCUT2D eigenvalue weighted by molar-refractivity contribution is 5.66. The van der Waals surface area contributed by atoms with Crippen LogP contribution in [0.25, 0.3) is 0 Å². The third kappa shape index (κ3) is 4.88. The van der Waals surface area contributed by atoms with Crippen LogP contribution < -0.4 is 0 Å². The van der Waals surface area contributed by atoms with Gasteiger partial charge in [0.05, 0.1) is 19.3 Å². The van der Waals surface area contributed by atoms with Gasteiger partial charge in [-0.05, 0) is 12.5 Å². The van der Waals surface area contributed by atoms with Crippen LogP contribution in [0, 0.1) is 0 Å². The second-order valence-electron chi connectivity index (χ2n) is 5.66. The first-order chi connectivity index (χ1) is 11.5. The molecule has 2 rings (SSSR count). The first-order valence-electron chi connectivity index (χ1n) is 7.91. The summed E-state index contributed by atoms with van der Waals surface area (Å²) in [7, 11) is 0. The van der Waals surface area contributed by atoms with Gasteiger partial charge in [-0.15, -0.1) is 6.58 Å². The van der Waals surface area contributed by atoms with E-state index in [9.17, 15) is 9.90 Å². The van der Waals surface area contributed by atoms with Gasteiger partial charge in [0.25, 0.3) is 0 Å². The molecule has 1 aromatic rings.